The quantitative estimate of drug-likeness (QED) is 0.257. The number of amides is 1. The Morgan fingerprint density at radius 1 is 1.34 bits per heavy atom. The number of carbonyl (C=O) groups is 2. The lowest BCUT2D eigenvalue weighted by atomic mass is 10.1. The lowest BCUT2D eigenvalue weighted by Gasteiger charge is -2.32. The zero-order valence-electron chi connectivity index (χ0n) is 21.8. The summed E-state index contributed by atoms with van der Waals surface area (Å²) < 4.78 is 69.5. The Balaban J connectivity index is 1.52. The van der Waals surface area contributed by atoms with Crippen molar-refractivity contribution in [3.63, 3.8) is 0 Å². The Hall–Kier alpha value is -2.45. The smallest absolute Gasteiger partial charge is 0.408 e. The number of nitrogens with zero attached hydrogens (tertiary/aromatic N) is 2. The van der Waals surface area contributed by atoms with E-state index in [1.54, 1.807) is 27.7 Å². The normalized spacial score (nSPS) is 27.3. The van der Waals surface area contributed by atoms with Crippen LogP contribution in [0.1, 0.15) is 52.0 Å². The molecule has 2 N–H and O–H groups in total. The summed E-state index contributed by atoms with van der Waals surface area (Å²) in [6, 6.07) is 0.417. The van der Waals surface area contributed by atoms with Gasteiger partial charge in [0, 0.05) is 18.4 Å². The van der Waals surface area contributed by atoms with Crippen LogP contribution in [0.4, 0.5) is 13.6 Å². The maximum absolute atomic E-state index is 15.2. The number of aromatic nitrogens is 2. The van der Waals surface area contributed by atoms with Crippen LogP contribution in [0.5, 0.6) is 0 Å². The van der Waals surface area contributed by atoms with Gasteiger partial charge in [-0.1, -0.05) is 0 Å². The molecule has 38 heavy (non-hydrogen) atoms. The summed E-state index contributed by atoms with van der Waals surface area (Å²) in [5, 5.41) is 4.97. The van der Waals surface area contributed by atoms with Crippen molar-refractivity contribution < 1.29 is 46.2 Å². The van der Waals surface area contributed by atoms with Crippen LogP contribution < -0.4 is 16.1 Å². The monoisotopic (exact) mass is 566 g/mol. The highest BCUT2D eigenvalue weighted by Crippen LogP contribution is 2.56. The summed E-state index contributed by atoms with van der Waals surface area (Å²) in [7, 11) is -2.95. The largest absolute Gasteiger partial charge is 0.467 e. The number of hydrogen-bond acceptors (Lipinski definition) is 10. The number of rotatable bonds is 9. The van der Waals surface area contributed by atoms with Crippen molar-refractivity contribution in [2.24, 2.45) is 0 Å². The number of aryl methyl sites for hydroxylation is 1. The predicted molar refractivity (Wildman–Crippen MR) is 128 cm³/mol. The second-order valence-corrected chi connectivity index (χ2v) is 11.7. The predicted octanol–water partition coefficient (Wildman–Crippen LogP) is 2.43. The van der Waals surface area contributed by atoms with Gasteiger partial charge in [0.2, 0.25) is 6.23 Å². The zero-order chi connectivity index (χ0) is 28.3. The van der Waals surface area contributed by atoms with Crippen LogP contribution in [0.3, 0.4) is 0 Å². The molecule has 1 amide bonds. The molecule has 16 heteroatoms. The fraction of sp³-hybridized carbons (Fsp3) is 0.727. The van der Waals surface area contributed by atoms with E-state index in [-0.39, 0.29) is 13.0 Å². The standard InChI is InChI=1S/C22H33F2N4O9P/c1-13-9-11-28(19(30)26-13)18-22(23,24)16-15(35-18)12-34-38(32,37-16)25-10-7-6-8-14(17(29)33-5)27-20(31)36-21(2,3)4/h9,11,14-16,18H,6-8,10,12H2,1-5H3,(H,25,32)(H,27,31)/t14-,15+,16+,18+,38?/m0/s1. The van der Waals surface area contributed by atoms with Crippen LogP contribution in [-0.4, -0.2) is 71.6 Å². The van der Waals surface area contributed by atoms with E-state index in [4.69, 9.17) is 23.3 Å². The fourth-order valence-electron chi connectivity index (χ4n) is 3.87. The number of esters is 1. The van der Waals surface area contributed by atoms with Gasteiger partial charge in [0.25, 0.3) is 0 Å². The molecule has 5 atom stereocenters. The Morgan fingerprint density at radius 2 is 2.05 bits per heavy atom. The number of methoxy groups -OCH3 is 1. The Bertz CT molecular complexity index is 1130. The molecule has 0 aliphatic carbocycles. The molecule has 2 saturated heterocycles. The van der Waals surface area contributed by atoms with E-state index in [0.29, 0.717) is 23.1 Å². The van der Waals surface area contributed by atoms with E-state index in [1.165, 1.54) is 13.2 Å². The minimum atomic E-state index is -4.13. The number of alkyl halides is 2. The number of halogens is 2. The molecule has 0 spiro atoms. The second kappa shape index (κ2) is 11.7. The van der Waals surface area contributed by atoms with Gasteiger partial charge in [-0.05, 0) is 53.0 Å². The van der Waals surface area contributed by atoms with Crippen molar-refractivity contribution in [1.82, 2.24) is 20.0 Å². The minimum absolute atomic E-state index is 0.0339. The molecule has 214 valence electrons. The maximum Gasteiger partial charge on any atom is 0.408 e. The van der Waals surface area contributed by atoms with Crippen molar-refractivity contribution in [3.8, 4) is 0 Å². The number of alkyl carbamates (subject to hydrolysis) is 1. The number of ether oxygens (including phenoxy) is 3. The fourth-order valence-corrected chi connectivity index (χ4v) is 5.45. The van der Waals surface area contributed by atoms with Gasteiger partial charge >= 0.3 is 31.4 Å². The highest BCUT2D eigenvalue weighted by Gasteiger charge is 2.65. The lowest BCUT2D eigenvalue weighted by Crippen LogP contribution is -2.46. The summed E-state index contributed by atoms with van der Waals surface area (Å²) in [5.41, 5.74) is -1.31. The topological polar surface area (TPSA) is 156 Å². The first kappa shape index (κ1) is 30.1. The van der Waals surface area contributed by atoms with Crippen LogP contribution in [0, 0.1) is 6.92 Å². The zero-order valence-corrected chi connectivity index (χ0v) is 22.7. The summed E-state index contributed by atoms with van der Waals surface area (Å²) in [6.45, 7) is 6.17. The van der Waals surface area contributed by atoms with Crippen molar-refractivity contribution in [2.45, 2.75) is 83.0 Å². The average Bonchev–Trinajstić information content (AvgIpc) is 3.06. The average molecular weight is 566 g/mol. The first-order chi connectivity index (χ1) is 17.6. The molecule has 1 aromatic heterocycles. The third kappa shape index (κ3) is 7.35. The third-order valence-corrected chi connectivity index (χ3v) is 7.24. The number of fused-ring (bicyclic) bond motifs is 1. The molecule has 2 fully saturated rings. The highest BCUT2D eigenvalue weighted by molar-refractivity contribution is 7.51. The van der Waals surface area contributed by atoms with Gasteiger partial charge in [-0.2, -0.15) is 13.8 Å². The van der Waals surface area contributed by atoms with Gasteiger partial charge < -0.3 is 19.5 Å². The second-order valence-electron chi connectivity index (χ2n) is 9.91. The third-order valence-electron chi connectivity index (χ3n) is 5.63. The van der Waals surface area contributed by atoms with E-state index in [2.05, 4.69) is 15.4 Å². The molecule has 0 radical (unpaired) electrons. The summed E-state index contributed by atoms with van der Waals surface area (Å²) in [6.07, 6.45) is -3.94. The Kier molecular flexibility index (Phi) is 9.30. The van der Waals surface area contributed by atoms with Crippen LogP contribution in [-0.2, 0) is 32.6 Å². The SMILES string of the molecule is COC(=O)[C@H](CCCCNP1(=O)OC[C@H]2O[C@@H](n3ccc(C)nc3=O)C(F)(F)[C@@H]2O1)NC(=O)OC(C)(C)C. The van der Waals surface area contributed by atoms with Crippen LogP contribution in [0.25, 0.3) is 0 Å². The van der Waals surface area contributed by atoms with Gasteiger partial charge in [0.05, 0.1) is 13.7 Å². The Labute approximate surface area is 218 Å². The molecule has 0 bridgehead atoms. The Morgan fingerprint density at radius 3 is 2.68 bits per heavy atom. The number of unbranched alkanes of at least 4 members (excludes halogenated alkanes) is 1. The summed E-state index contributed by atoms with van der Waals surface area (Å²) in [4.78, 5) is 39.8. The molecule has 2 aliphatic heterocycles. The van der Waals surface area contributed by atoms with Crippen LogP contribution >= 0.6 is 7.75 Å². The molecule has 3 heterocycles. The van der Waals surface area contributed by atoms with Gasteiger partial charge in [-0.25, -0.2) is 24.0 Å². The van der Waals surface area contributed by atoms with Gasteiger partial charge in [-0.3, -0.25) is 13.6 Å². The number of carbonyl (C=O) groups excluding carboxylic acids is 2. The van der Waals surface area contributed by atoms with E-state index < -0.39 is 68.1 Å². The number of hydrogen-bond donors (Lipinski definition) is 2. The first-order valence-corrected chi connectivity index (χ1v) is 13.5. The molecule has 2 aliphatic rings. The van der Waals surface area contributed by atoms with Crippen LogP contribution in [0.2, 0.25) is 0 Å². The molecule has 13 nitrogen and oxygen atoms in total. The van der Waals surface area contributed by atoms with Crippen molar-refractivity contribution in [2.75, 3.05) is 20.3 Å². The minimum Gasteiger partial charge on any atom is -0.467 e. The highest BCUT2D eigenvalue weighted by atomic mass is 31.2. The lowest BCUT2D eigenvalue weighted by molar-refractivity contribution is -0.143. The molecular weight excluding hydrogens is 533 g/mol. The molecule has 1 unspecified atom stereocenters. The molecule has 0 aromatic carbocycles. The van der Waals surface area contributed by atoms with Gasteiger partial charge in [-0.15, -0.1) is 0 Å². The van der Waals surface area contributed by atoms with Crippen molar-refractivity contribution in [1.29, 1.82) is 0 Å². The maximum atomic E-state index is 15.2. The molecular formula is C22H33F2N4O9P. The van der Waals surface area contributed by atoms with E-state index in [9.17, 15) is 18.9 Å². The summed E-state index contributed by atoms with van der Waals surface area (Å²) in [5.74, 6) is -4.37. The van der Waals surface area contributed by atoms with Crippen molar-refractivity contribution >= 4 is 19.8 Å². The first-order valence-electron chi connectivity index (χ1n) is 12.0. The number of nitrogens with one attached hydrogen (secondary N) is 2. The van der Waals surface area contributed by atoms with Crippen molar-refractivity contribution in [3.05, 3.63) is 28.4 Å². The molecule has 0 saturated carbocycles. The van der Waals surface area contributed by atoms with E-state index >= 15 is 8.78 Å². The molecule has 1 aromatic rings. The van der Waals surface area contributed by atoms with Gasteiger partial charge in [0.15, 0.2) is 6.10 Å². The van der Waals surface area contributed by atoms with Gasteiger partial charge in [0.1, 0.15) is 17.7 Å². The van der Waals surface area contributed by atoms with E-state index in [1.807, 2.05) is 0 Å². The summed E-state index contributed by atoms with van der Waals surface area (Å²) >= 11 is 0. The van der Waals surface area contributed by atoms with Crippen LogP contribution in [0.15, 0.2) is 17.1 Å². The molecule has 3 rings (SSSR count). The van der Waals surface area contributed by atoms with E-state index in [0.717, 1.165) is 6.20 Å².